The van der Waals surface area contributed by atoms with Crippen molar-refractivity contribution >= 4 is 34.5 Å². The standard InChI is InChI=1S/C26H31N3O2S/c1-18-11-12-20(15-19(18)2)26(31)27-13-14-29-16-24(22-9-5-6-10-23(22)29)32-17-25(30)28-21-7-3-4-8-21/h5-6,9-12,15-16,21H,3-4,7-8,13-14,17H2,1-2H3,(H,27,31)(H,28,30). The number of carbonyl (C=O) groups is 2. The summed E-state index contributed by atoms with van der Waals surface area (Å²) in [6, 6.07) is 14.4. The molecule has 3 aromatic rings. The summed E-state index contributed by atoms with van der Waals surface area (Å²) in [6.07, 6.45) is 6.73. The zero-order valence-corrected chi connectivity index (χ0v) is 19.6. The van der Waals surface area contributed by atoms with E-state index in [0.717, 1.165) is 34.2 Å². The molecule has 5 nitrogen and oxygen atoms in total. The summed E-state index contributed by atoms with van der Waals surface area (Å²) in [5.41, 5.74) is 4.11. The van der Waals surface area contributed by atoms with Crippen molar-refractivity contribution < 1.29 is 9.59 Å². The number of benzene rings is 2. The maximum Gasteiger partial charge on any atom is 0.251 e. The molecular formula is C26H31N3O2S. The Labute approximate surface area is 194 Å². The Morgan fingerprint density at radius 2 is 1.84 bits per heavy atom. The molecule has 6 heteroatoms. The first kappa shape index (κ1) is 22.5. The van der Waals surface area contributed by atoms with Gasteiger partial charge in [0.2, 0.25) is 5.91 Å². The van der Waals surface area contributed by atoms with Crippen LogP contribution in [0.15, 0.2) is 53.6 Å². The fourth-order valence-corrected chi connectivity index (χ4v) is 5.17. The number of hydrogen-bond acceptors (Lipinski definition) is 3. The van der Waals surface area contributed by atoms with Crippen molar-refractivity contribution in [1.29, 1.82) is 0 Å². The van der Waals surface area contributed by atoms with Crippen molar-refractivity contribution in [2.75, 3.05) is 12.3 Å². The molecule has 2 amide bonds. The van der Waals surface area contributed by atoms with Gasteiger partial charge >= 0.3 is 0 Å². The second-order valence-electron chi connectivity index (χ2n) is 8.60. The summed E-state index contributed by atoms with van der Waals surface area (Å²) in [7, 11) is 0. The van der Waals surface area contributed by atoms with Gasteiger partial charge in [-0.15, -0.1) is 11.8 Å². The molecule has 1 fully saturated rings. The van der Waals surface area contributed by atoms with E-state index < -0.39 is 0 Å². The summed E-state index contributed by atoms with van der Waals surface area (Å²) in [6.45, 7) is 5.27. The fraction of sp³-hybridized carbons (Fsp3) is 0.385. The Hall–Kier alpha value is -2.73. The lowest BCUT2D eigenvalue weighted by Gasteiger charge is -2.11. The maximum atomic E-state index is 12.5. The molecule has 0 spiro atoms. The predicted molar refractivity (Wildman–Crippen MR) is 131 cm³/mol. The van der Waals surface area contributed by atoms with Crippen molar-refractivity contribution in [2.45, 2.75) is 57.0 Å². The fourth-order valence-electron chi connectivity index (χ4n) is 4.27. The van der Waals surface area contributed by atoms with E-state index in [1.165, 1.54) is 18.4 Å². The quantitative estimate of drug-likeness (QED) is 0.484. The normalized spacial score (nSPS) is 14.1. The Morgan fingerprint density at radius 3 is 2.62 bits per heavy atom. The minimum Gasteiger partial charge on any atom is -0.353 e. The van der Waals surface area contributed by atoms with E-state index in [9.17, 15) is 9.59 Å². The summed E-state index contributed by atoms with van der Waals surface area (Å²) >= 11 is 1.58. The van der Waals surface area contributed by atoms with Crippen molar-refractivity contribution in [2.24, 2.45) is 0 Å². The first-order valence-corrected chi connectivity index (χ1v) is 12.4. The minimum absolute atomic E-state index is 0.0530. The van der Waals surface area contributed by atoms with Gasteiger partial charge < -0.3 is 15.2 Å². The first-order valence-electron chi connectivity index (χ1n) is 11.4. The highest BCUT2D eigenvalue weighted by Gasteiger charge is 2.18. The highest BCUT2D eigenvalue weighted by Crippen LogP contribution is 2.30. The van der Waals surface area contributed by atoms with Crippen LogP contribution in [0.5, 0.6) is 0 Å². The van der Waals surface area contributed by atoms with Crippen molar-refractivity contribution in [3.8, 4) is 0 Å². The van der Waals surface area contributed by atoms with E-state index in [4.69, 9.17) is 0 Å². The van der Waals surface area contributed by atoms with E-state index in [1.54, 1.807) is 11.8 Å². The average molecular weight is 450 g/mol. The molecule has 168 valence electrons. The summed E-state index contributed by atoms with van der Waals surface area (Å²) in [5.74, 6) is 0.482. The monoisotopic (exact) mass is 449 g/mol. The molecule has 1 heterocycles. The number of amides is 2. The molecule has 2 N–H and O–H groups in total. The molecule has 4 rings (SSSR count). The third-order valence-corrected chi connectivity index (χ3v) is 7.28. The average Bonchev–Trinajstić information content (AvgIpc) is 3.42. The van der Waals surface area contributed by atoms with Gasteiger partial charge in [0.05, 0.1) is 5.75 Å². The van der Waals surface area contributed by atoms with Gasteiger partial charge in [0.25, 0.3) is 5.91 Å². The van der Waals surface area contributed by atoms with Gasteiger partial charge in [-0.1, -0.05) is 37.1 Å². The second-order valence-corrected chi connectivity index (χ2v) is 9.61. The molecule has 1 aliphatic rings. The summed E-state index contributed by atoms with van der Waals surface area (Å²) in [5, 5.41) is 7.33. The predicted octanol–water partition coefficient (Wildman–Crippen LogP) is 4.84. The molecule has 32 heavy (non-hydrogen) atoms. The summed E-state index contributed by atoms with van der Waals surface area (Å²) < 4.78 is 2.16. The van der Waals surface area contributed by atoms with E-state index in [2.05, 4.69) is 33.5 Å². The molecule has 0 saturated heterocycles. The number of aryl methyl sites for hydroxylation is 2. The van der Waals surface area contributed by atoms with Crippen LogP contribution in [0.25, 0.3) is 10.9 Å². The number of nitrogens with one attached hydrogen (secondary N) is 2. The molecule has 0 bridgehead atoms. The van der Waals surface area contributed by atoms with Gasteiger partial charge in [-0.2, -0.15) is 0 Å². The topological polar surface area (TPSA) is 63.1 Å². The van der Waals surface area contributed by atoms with E-state index in [1.807, 2.05) is 44.2 Å². The van der Waals surface area contributed by atoms with E-state index in [-0.39, 0.29) is 11.8 Å². The van der Waals surface area contributed by atoms with Crippen LogP contribution >= 0.6 is 11.8 Å². The van der Waals surface area contributed by atoms with Crippen LogP contribution in [-0.4, -0.2) is 34.7 Å². The SMILES string of the molecule is Cc1ccc(C(=O)NCCn2cc(SCC(=O)NC3CCCC3)c3ccccc32)cc1C. The molecule has 1 aromatic heterocycles. The minimum atomic E-state index is -0.0530. The molecule has 0 atom stereocenters. The highest BCUT2D eigenvalue weighted by atomic mass is 32.2. The number of fused-ring (bicyclic) bond motifs is 1. The maximum absolute atomic E-state index is 12.5. The van der Waals surface area contributed by atoms with Crippen LogP contribution in [0, 0.1) is 13.8 Å². The number of rotatable bonds is 8. The molecular weight excluding hydrogens is 418 g/mol. The van der Waals surface area contributed by atoms with Crippen LogP contribution in [0.3, 0.4) is 0 Å². The van der Waals surface area contributed by atoms with E-state index >= 15 is 0 Å². The third-order valence-electron chi connectivity index (χ3n) is 6.24. The van der Waals surface area contributed by atoms with Crippen LogP contribution < -0.4 is 10.6 Å². The largest absolute Gasteiger partial charge is 0.353 e. The number of aromatic nitrogens is 1. The van der Waals surface area contributed by atoms with Gasteiger partial charge in [0.15, 0.2) is 0 Å². The number of para-hydroxylation sites is 1. The number of nitrogens with zero attached hydrogens (tertiary/aromatic N) is 1. The lowest BCUT2D eigenvalue weighted by atomic mass is 10.1. The molecule has 1 aliphatic carbocycles. The van der Waals surface area contributed by atoms with Crippen molar-refractivity contribution in [1.82, 2.24) is 15.2 Å². The van der Waals surface area contributed by atoms with Crippen molar-refractivity contribution in [3.05, 3.63) is 65.4 Å². The van der Waals surface area contributed by atoms with Crippen molar-refractivity contribution in [3.63, 3.8) is 0 Å². The van der Waals surface area contributed by atoms with Gasteiger partial charge in [-0.05, 0) is 56.0 Å². The van der Waals surface area contributed by atoms with E-state index in [0.29, 0.717) is 30.4 Å². The number of hydrogen-bond donors (Lipinski definition) is 2. The number of thioether (sulfide) groups is 1. The third kappa shape index (κ3) is 5.36. The molecule has 1 saturated carbocycles. The Balaban J connectivity index is 1.37. The molecule has 0 radical (unpaired) electrons. The van der Waals surface area contributed by atoms with Gasteiger partial charge in [0.1, 0.15) is 0 Å². The zero-order chi connectivity index (χ0) is 22.5. The lowest BCUT2D eigenvalue weighted by Crippen LogP contribution is -2.33. The van der Waals surface area contributed by atoms with Crippen LogP contribution in [0.1, 0.15) is 47.2 Å². The Morgan fingerprint density at radius 1 is 1.06 bits per heavy atom. The highest BCUT2D eigenvalue weighted by molar-refractivity contribution is 8.00. The zero-order valence-electron chi connectivity index (χ0n) is 18.8. The Kier molecular flexibility index (Phi) is 7.20. The Bertz CT molecular complexity index is 1120. The lowest BCUT2D eigenvalue weighted by molar-refractivity contribution is -0.119. The van der Waals surface area contributed by atoms with Crippen LogP contribution in [0.4, 0.5) is 0 Å². The van der Waals surface area contributed by atoms with Gasteiger partial charge in [-0.3, -0.25) is 9.59 Å². The molecule has 2 aromatic carbocycles. The van der Waals surface area contributed by atoms with Crippen LogP contribution in [0.2, 0.25) is 0 Å². The number of carbonyl (C=O) groups excluding carboxylic acids is 2. The smallest absolute Gasteiger partial charge is 0.251 e. The summed E-state index contributed by atoms with van der Waals surface area (Å²) in [4.78, 5) is 26.0. The molecule has 0 unspecified atom stereocenters. The molecule has 0 aliphatic heterocycles. The van der Waals surface area contributed by atoms with Crippen LogP contribution in [-0.2, 0) is 11.3 Å². The first-order chi connectivity index (χ1) is 15.5. The van der Waals surface area contributed by atoms with Gasteiger partial charge in [0, 0.05) is 46.7 Å². The van der Waals surface area contributed by atoms with Gasteiger partial charge in [-0.25, -0.2) is 0 Å². The second kappa shape index (κ2) is 10.3.